The molecular formula is C24H35N3O6S. The average molecular weight is 494 g/mol. The Morgan fingerprint density at radius 1 is 0.971 bits per heavy atom. The summed E-state index contributed by atoms with van der Waals surface area (Å²) >= 11 is 0. The number of carbonyl (C=O) groups excluding carboxylic acids is 3. The van der Waals surface area contributed by atoms with Gasteiger partial charge in [-0.2, -0.15) is 4.31 Å². The van der Waals surface area contributed by atoms with Gasteiger partial charge >= 0.3 is 5.97 Å². The molecule has 0 radical (unpaired) electrons. The van der Waals surface area contributed by atoms with Crippen molar-refractivity contribution < 1.29 is 27.5 Å². The molecule has 10 heteroatoms. The second-order valence-electron chi connectivity index (χ2n) is 9.09. The first kappa shape index (κ1) is 26.2. The van der Waals surface area contributed by atoms with E-state index in [9.17, 15) is 22.8 Å². The summed E-state index contributed by atoms with van der Waals surface area (Å²) < 4.78 is 32.3. The van der Waals surface area contributed by atoms with Gasteiger partial charge in [0.1, 0.15) is 0 Å². The average Bonchev–Trinajstić information content (AvgIpc) is 2.84. The fourth-order valence-corrected chi connectivity index (χ4v) is 5.99. The summed E-state index contributed by atoms with van der Waals surface area (Å²) in [7, 11) is -1.97. The Kier molecular flexibility index (Phi) is 8.70. The normalized spacial score (nSPS) is 18.5. The largest absolute Gasteiger partial charge is 0.466 e. The maximum Gasteiger partial charge on any atom is 0.309 e. The molecule has 0 atom stereocenters. The van der Waals surface area contributed by atoms with Crippen molar-refractivity contribution in [3.63, 3.8) is 0 Å². The van der Waals surface area contributed by atoms with E-state index in [1.807, 2.05) is 6.92 Å². The van der Waals surface area contributed by atoms with Crippen LogP contribution in [-0.2, 0) is 29.1 Å². The van der Waals surface area contributed by atoms with Gasteiger partial charge in [-0.25, -0.2) is 8.42 Å². The van der Waals surface area contributed by atoms with E-state index >= 15 is 0 Å². The number of likely N-dealkylation sites (tertiary alicyclic amines) is 1. The molecule has 0 aliphatic carbocycles. The minimum absolute atomic E-state index is 0.0230. The number of sulfonamides is 1. The molecule has 2 fully saturated rings. The number of piperidine rings is 2. The lowest BCUT2D eigenvalue weighted by molar-refractivity contribution is -0.151. The van der Waals surface area contributed by atoms with Crippen LogP contribution in [0.5, 0.6) is 0 Å². The van der Waals surface area contributed by atoms with Crippen molar-refractivity contribution >= 4 is 27.8 Å². The summed E-state index contributed by atoms with van der Waals surface area (Å²) in [4.78, 5) is 40.9. The van der Waals surface area contributed by atoms with Gasteiger partial charge in [0.2, 0.25) is 21.8 Å². The Labute approximate surface area is 202 Å². The Balaban J connectivity index is 1.47. The number of amides is 2. The smallest absolute Gasteiger partial charge is 0.309 e. The second-order valence-corrected chi connectivity index (χ2v) is 11.0. The van der Waals surface area contributed by atoms with Gasteiger partial charge in [-0.15, -0.1) is 0 Å². The van der Waals surface area contributed by atoms with E-state index in [1.54, 1.807) is 43.1 Å². The highest BCUT2D eigenvalue weighted by atomic mass is 32.2. The minimum Gasteiger partial charge on any atom is -0.466 e. The van der Waals surface area contributed by atoms with E-state index in [-0.39, 0.29) is 54.1 Å². The monoisotopic (exact) mass is 493 g/mol. The highest BCUT2D eigenvalue weighted by molar-refractivity contribution is 7.89. The topological polar surface area (TPSA) is 104 Å². The number of aryl methyl sites for hydroxylation is 1. The summed E-state index contributed by atoms with van der Waals surface area (Å²) in [5.41, 5.74) is 0.990. The molecule has 0 unspecified atom stereocenters. The molecule has 9 nitrogen and oxygen atoms in total. The molecule has 1 aromatic carbocycles. The van der Waals surface area contributed by atoms with E-state index in [2.05, 4.69) is 0 Å². The maximum atomic E-state index is 12.9. The predicted octanol–water partition coefficient (Wildman–Crippen LogP) is 1.66. The summed E-state index contributed by atoms with van der Waals surface area (Å²) in [6.45, 7) is 5.49. The van der Waals surface area contributed by atoms with Crippen molar-refractivity contribution in [2.45, 2.75) is 44.4 Å². The van der Waals surface area contributed by atoms with Crippen LogP contribution in [0, 0.1) is 18.8 Å². The van der Waals surface area contributed by atoms with Crippen LogP contribution in [0.3, 0.4) is 0 Å². The van der Waals surface area contributed by atoms with Crippen LogP contribution in [0.25, 0.3) is 0 Å². The molecule has 2 aliphatic rings. The second kappa shape index (κ2) is 11.3. The molecule has 1 aromatic rings. The van der Waals surface area contributed by atoms with Crippen molar-refractivity contribution in [2.24, 2.45) is 11.8 Å². The number of hydrogen-bond acceptors (Lipinski definition) is 6. The Bertz CT molecular complexity index is 978. The zero-order valence-corrected chi connectivity index (χ0v) is 21.1. The van der Waals surface area contributed by atoms with Gasteiger partial charge in [0.05, 0.1) is 24.0 Å². The molecule has 0 spiro atoms. The van der Waals surface area contributed by atoms with Gasteiger partial charge < -0.3 is 14.5 Å². The third-order valence-corrected chi connectivity index (χ3v) is 8.59. The molecule has 2 heterocycles. The van der Waals surface area contributed by atoms with Gasteiger partial charge in [0.15, 0.2) is 0 Å². The van der Waals surface area contributed by atoms with Crippen LogP contribution in [0.15, 0.2) is 29.2 Å². The summed E-state index contributed by atoms with van der Waals surface area (Å²) in [5, 5.41) is 0. The highest BCUT2D eigenvalue weighted by Crippen LogP contribution is 2.25. The molecule has 188 valence electrons. The maximum absolute atomic E-state index is 12.9. The van der Waals surface area contributed by atoms with Gasteiger partial charge in [-0.3, -0.25) is 14.4 Å². The van der Waals surface area contributed by atoms with Crippen molar-refractivity contribution in [3.05, 3.63) is 29.8 Å². The lowest BCUT2D eigenvalue weighted by Gasteiger charge is -2.34. The SMILES string of the molecule is CCOC(=O)C1CCN(C(=O)CN(C)C(=O)C2CCN(S(=O)(=O)c3ccc(C)cc3)CC2)CC1. The molecule has 2 amide bonds. The molecule has 0 aromatic heterocycles. The fourth-order valence-electron chi connectivity index (χ4n) is 4.52. The van der Waals surface area contributed by atoms with Gasteiger partial charge in [-0.05, 0) is 51.7 Å². The van der Waals surface area contributed by atoms with Crippen molar-refractivity contribution in [1.82, 2.24) is 14.1 Å². The lowest BCUT2D eigenvalue weighted by atomic mass is 9.96. The number of esters is 1. The Morgan fingerprint density at radius 2 is 1.53 bits per heavy atom. The number of likely N-dealkylation sites (N-methyl/N-ethyl adjacent to an activating group) is 1. The molecule has 2 saturated heterocycles. The third-order valence-electron chi connectivity index (χ3n) is 6.68. The Morgan fingerprint density at radius 3 is 2.09 bits per heavy atom. The first-order chi connectivity index (χ1) is 16.1. The minimum atomic E-state index is -3.58. The zero-order chi connectivity index (χ0) is 24.9. The van der Waals surface area contributed by atoms with Crippen LogP contribution in [0.2, 0.25) is 0 Å². The summed E-state index contributed by atoms with van der Waals surface area (Å²) in [6.07, 6.45) is 1.98. The number of ether oxygens (including phenoxy) is 1. The molecular weight excluding hydrogens is 458 g/mol. The first-order valence-electron chi connectivity index (χ1n) is 11.9. The number of carbonyl (C=O) groups is 3. The fraction of sp³-hybridized carbons (Fsp3) is 0.625. The number of nitrogens with zero attached hydrogens (tertiary/aromatic N) is 3. The third kappa shape index (κ3) is 6.15. The molecule has 0 N–H and O–H groups in total. The van der Waals surface area contributed by atoms with Crippen LogP contribution in [0.4, 0.5) is 0 Å². The van der Waals surface area contributed by atoms with Crippen LogP contribution in [0.1, 0.15) is 38.2 Å². The molecule has 2 aliphatic heterocycles. The summed E-state index contributed by atoms with van der Waals surface area (Å²) in [6, 6.07) is 6.76. The molecule has 3 rings (SSSR count). The van der Waals surface area contributed by atoms with E-state index < -0.39 is 10.0 Å². The van der Waals surface area contributed by atoms with E-state index in [1.165, 1.54) is 9.21 Å². The number of hydrogen-bond donors (Lipinski definition) is 0. The van der Waals surface area contributed by atoms with Crippen molar-refractivity contribution in [2.75, 3.05) is 46.4 Å². The van der Waals surface area contributed by atoms with Crippen molar-refractivity contribution in [3.8, 4) is 0 Å². The van der Waals surface area contributed by atoms with E-state index in [0.717, 1.165) is 5.56 Å². The van der Waals surface area contributed by atoms with Crippen LogP contribution >= 0.6 is 0 Å². The van der Waals surface area contributed by atoms with E-state index in [0.29, 0.717) is 45.4 Å². The number of rotatable bonds is 7. The van der Waals surface area contributed by atoms with E-state index in [4.69, 9.17) is 4.74 Å². The van der Waals surface area contributed by atoms with Gasteiger partial charge in [0, 0.05) is 39.1 Å². The number of benzene rings is 1. The van der Waals surface area contributed by atoms with Gasteiger partial charge in [-0.1, -0.05) is 17.7 Å². The molecule has 0 saturated carbocycles. The van der Waals surface area contributed by atoms with Crippen LogP contribution < -0.4 is 0 Å². The lowest BCUT2D eigenvalue weighted by Crippen LogP contribution is -2.48. The zero-order valence-electron chi connectivity index (χ0n) is 20.2. The van der Waals surface area contributed by atoms with Crippen molar-refractivity contribution in [1.29, 1.82) is 0 Å². The first-order valence-corrected chi connectivity index (χ1v) is 13.3. The molecule has 34 heavy (non-hydrogen) atoms. The van der Waals surface area contributed by atoms with Gasteiger partial charge in [0.25, 0.3) is 0 Å². The molecule has 0 bridgehead atoms. The Hall–Kier alpha value is -2.46. The summed E-state index contributed by atoms with van der Waals surface area (Å²) in [5.74, 6) is -0.973. The standard InChI is InChI=1S/C24H35N3O6S/c1-4-33-24(30)20-9-13-26(14-10-20)22(28)17-25(3)23(29)19-11-15-27(16-12-19)34(31,32)21-7-5-18(2)6-8-21/h5-8,19-20H,4,9-17H2,1-3H3. The van der Waals surface area contributed by atoms with Crippen LogP contribution in [-0.4, -0.2) is 86.7 Å². The highest BCUT2D eigenvalue weighted by Gasteiger charge is 2.34. The predicted molar refractivity (Wildman–Crippen MR) is 126 cm³/mol. The quantitative estimate of drug-likeness (QED) is 0.535.